The maximum atomic E-state index is 11.7. The summed E-state index contributed by atoms with van der Waals surface area (Å²) in [5.41, 5.74) is 3.33. The van der Waals surface area contributed by atoms with Crippen LogP contribution in [0, 0.1) is 0 Å². The molecule has 0 saturated carbocycles. The van der Waals surface area contributed by atoms with Crippen LogP contribution in [-0.4, -0.2) is 30.6 Å². The minimum absolute atomic E-state index is 0.185. The van der Waals surface area contributed by atoms with E-state index < -0.39 is 0 Å². The first-order chi connectivity index (χ1) is 9.11. The van der Waals surface area contributed by atoms with Crippen molar-refractivity contribution in [1.82, 2.24) is 0 Å². The van der Waals surface area contributed by atoms with Crippen molar-refractivity contribution in [2.75, 3.05) is 0 Å². The molecule has 4 heteroatoms. The highest BCUT2D eigenvalue weighted by Crippen LogP contribution is 2.42. The van der Waals surface area contributed by atoms with E-state index in [4.69, 9.17) is 9.47 Å². The molecule has 0 radical (unpaired) electrons. The maximum Gasteiger partial charge on any atom is 0.334 e. The average Bonchev–Trinajstić information content (AvgIpc) is 3.08. The van der Waals surface area contributed by atoms with Crippen LogP contribution in [0.2, 0.25) is 0 Å². The second kappa shape index (κ2) is 4.46. The molecule has 0 aromatic rings. The van der Waals surface area contributed by atoms with Gasteiger partial charge in [-0.2, -0.15) is 0 Å². The van der Waals surface area contributed by atoms with Gasteiger partial charge < -0.3 is 9.47 Å². The molecule has 0 amide bonds. The van der Waals surface area contributed by atoms with Crippen molar-refractivity contribution in [3.8, 4) is 0 Å². The highest BCUT2D eigenvalue weighted by atomic mass is 16.6. The first-order valence-corrected chi connectivity index (χ1v) is 6.51. The van der Waals surface area contributed by atoms with Gasteiger partial charge in [0, 0.05) is 16.7 Å². The van der Waals surface area contributed by atoms with Crippen LogP contribution in [0.5, 0.6) is 0 Å². The quantitative estimate of drug-likeness (QED) is 0.312. The molecule has 0 N–H and O–H groups in total. The number of epoxide rings is 1. The number of carbonyl (C=O) groups excluding carboxylic acids is 2. The molecule has 19 heavy (non-hydrogen) atoms. The topological polar surface area (TPSA) is 55.9 Å². The minimum Gasteiger partial charge on any atom is -0.450 e. The molecule has 1 aliphatic carbocycles. The molecule has 0 bridgehead atoms. The van der Waals surface area contributed by atoms with E-state index in [-0.39, 0.29) is 24.3 Å². The second-order valence-corrected chi connectivity index (χ2v) is 5.26. The van der Waals surface area contributed by atoms with Gasteiger partial charge in [-0.3, -0.25) is 4.79 Å². The normalized spacial score (nSPS) is 39.3. The van der Waals surface area contributed by atoms with Gasteiger partial charge in [0.05, 0.1) is 0 Å². The Morgan fingerprint density at radius 1 is 1.32 bits per heavy atom. The Bertz CT molecular complexity index is 538. The molecule has 1 saturated heterocycles. The van der Waals surface area contributed by atoms with E-state index in [0.717, 1.165) is 30.3 Å². The molecular formula is C15H16O4. The number of hydrogen-bond acceptors (Lipinski definition) is 4. The van der Waals surface area contributed by atoms with Crippen LogP contribution in [-0.2, 0) is 19.1 Å². The molecule has 4 nitrogen and oxygen atoms in total. The molecule has 0 aromatic heterocycles. The van der Waals surface area contributed by atoms with Gasteiger partial charge in [0.15, 0.2) is 0 Å². The molecule has 2 unspecified atom stereocenters. The Kier molecular flexibility index (Phi) is 2.90. The lowest BCUT2D eigenvalue weighted by atomic mass is 9.94. The first-order valence-electron chi connectivity index (χ1n) is 6.51. The molecular weight excluding hydrogens is 244 g/mol. The van der Waals surface area contributed by atoms with E-state index >= 15 is 0 Å². The average molecular weight is 260 g/mol. The molecule has 3 atom stereocenters. The largest absolute Gasteiger partial charge is 0.450 e. The maximum absolute atomic E-state index is 11.7. The highest BCUT2D eigenvalue weighted by molar-refractivity contribution is 5.92. The van der Waals surface area contributed by atoms with Gasteiger partial charge in [-0.25, -0.2) is 4.79 Å². The second-order valence-electron chi connectivity index (χ2n) is 5.26. The van der Waals surface area contributed by atoms with Crippen molar-refractivity contribution in [1.29, 1.82) is 0 Å². The van der Waals surface area contributed by atoms with Gasteiger partial charge in [-0.05, 0) is 32.8 Å². The number of carbonyl (C=O) groups is 2. The smallest absolute Gasteiger partial charge is 0.334 e. The van der Waals surface area contributed by atoms with E-state index in [1.807, 2.05) is 19.1 Å². The van der Waals surface area contributed by atoms with E-state index in [0.29, 0.717) is 11.1 Å². The summed E-state index contributed by atoms with van der Waals surface area (Å²) in [7, 11) is 0. The van der Waals surface area contributed by atoms with Gasteiger partial charge in [-0.15, -0.1) is 0 Å². The van der Waals surface area contributed by atoms with Gasteiger partial charge >= 0.3 is 5.97 Å². The van der Waals surface area contributed by atoms with Gasteiger partial charge in [0.25, 0.3) is 0 Å². The number of allylic oxidation sites excluding steroid dienone is 2. The number of fused-ring (bicyclic) bond motifs is 3. The zero-order valence-corrected chi connectivity index (χ0v) is 11.0. The number of aldehydes is 1. The van der Waals surface area contributed by atoms with E-state index in [9.17, 15) is 9.59 Å². The van der Waals surface area contributed by atoms with Crippen molar-refractivity contribution in [3.05, 3.63) is 34.4 Å². The van der Waals surface area contributed by atoms with Crippen LogP contribution >= 0.6 is 0 Å². The summed E-state index contributed by atoms with van der Waals surface area (Å²) in [6.07, 6.45) is 5.73. The van der Waals surface area contributed by atoms with Gasteiger partial charge in [0.2, 0.25) is 0 Å². The Hall–Kier alpha value is -1.68. The molecule has 1 fully saturated rings. The molecule has 3 rings (SSSR count). The molecule has 2 aliphatic heterocycles. The van der Waals surface area contributed by atoms with Gasteiger partial charge in [0.1, 0.15) is 24.6 Å². The van der Waals surface area contributed by atoms with Crippen LogP contribution in [0.3, 0.4) is 0 Å². The summed E-state index contributed by atoms with van der Waals surface area (Å²) in [6.45, 7) is 3.77. The van der Waals surface area contributed by atoms with E-state index in [2.05, 4.69) is 0 Å². The van der Waals surface area contributed by atoms with Crippen molar-refractivity contribution in [2.45, 2.75) is 45.0 Å². The monoisotopic (exact) mass is 260 g/mol. The zero-order valence-electron chi connectivity index (χ0n) is 11.0. The van der Waals surface area contributed by atoms with Crippen LogP contribution < -0.4 is 0 Å². The SMILES string of the molecule is CC1=C2C3OC3/C(C=O)=C\CC/C(C)=C/[C@H]2OC1=O. The van der Waals surface area contributed by atoms with Crippen LogP contribution in [0.25, 0.3) is 0 Å². The molecule has 0 spiro atoms. The third-order valence-electron chi connectivity index (χ3n) is 3.90. The summed E-state index contributed by atoms with van der Waals surface area (Å²) >= 11 is 0. The standard InChI is InChI=1S/C15H16O4/c1-8-4-3-5-10(7-16)13-14(19-13)12-9(2)15(17)18-11(12)6-8/h5-7,11,13-14H,3-4H2,1-2H3/b8-6+,10-5-/t11-,13?,14?/m1/s1. The van der Waals surface area contributed by atoms with Crippen molar-refractivity contribution < 1.29 is 19.1 Å². The Morgan fingerprint density at radius 3 is 2.84 bits per heavy atom. The number of hydrogen-bond donors (Lipinski definition) is 0. The van der Waals surface area contributed by atoms with E-state index in [1.165, 1.54) is 0 Å². The zero-order chi connectivity index (χ0) is 13.6. The van der Waals surface area contributed by atoms with Crippen LogP contribution in [0.4, 0.5) is 0 Å². The van der Waals surface area contributed by atoms with Crippen LogP contribution in [0.15, 0.2) is 34.4 Å². The third-order valence-corrected chi connectivity index (χ3v) is 3.90. The summed E-state index contributed by atoms with van der Waals surface area (Å²) in [4.78, 5) is 22.8. The highest BCUT2D eigenvalue weighted by Gasteiger charge is 2.50. The fourth-order valence-corrected chi connectivity index (χ4v) is 2.74. The fraction of sp³-hybridized carbons (Fsp3) is 0.467. The van der Waals surface area contributed by atoms with Gasteiger partial charge in [-0.1, -0.05) is 11.6 Å². The Morgan fingerprint density at radius 2 is 2.11 bits per heavy atom. The van der Waals surface area contributed by atoms with Crippen LogP contribution in [0.1, 0.15) is 26.7 Å². The molecule has 0 aromatic carbocycles. The molecule has 3 aliphatic rings. The Labute approximate surface area is 111 Å². The van der Waals surface area contributed by atoms with Crippen molar-refractivity contribution >= 4 is 12.3 Å². The fourth-order valence-electron chi connectivity index (χ4n) is 2.74. The minimum atomic E-state index is -0.325. The third kappa shape index (κ3) is 2.06. The predicted octanol–water partition coefficient (Wildman–Crippen LogP) is 1.86. The Balaban J connectivity index is 2.01. The summed E-state index contributed by atoms with van der Waals surface area (Å²) in [6, 6.07) is 0. The lowest BCUT2D eigenvalue weighted by molar-refractivity contribution is -0.138. The summed E-state index contributed by atoms with van der Waals surface area (Å²) < 4.78 is 11.0. The molecule has 2 heterocycles. The summed E-state index contributed by atoms with van der Waals surface area (Å²) in [5.74, 6) is -0.283. The summed E-state index contributed by atoms with van der Waals surface area (Å²) in [5, 5.41) is 0. The first kappa shape index (κ1) is 12.4. The number of rotatable bonds is 1. The van der Waals surface area contributed by atoms with E-state index in [1.54, 1.807) is 6.92 Å². The predicted molar refractivity (Wildman–Crippen MR) is 68.4 cm³/mol. The van der Waals surface area contributed by atoms with Crippen molar-refractivity contribution in [3.63, 3.8) is 0 Å². The van der Waals surface area contributed by atoms with Crippen molar-refractivity contribution in [2.24, 2.45) is 0 Å². The lowest BCUT2D eigenvalue weighted by Gasteiger charge is -2.11. The lowest BCUT2D eigenvalue weighted by Crippen LogP contribution is -2.15. The molecule has 100 valence electrons. The number of ether oxygens (including phenoxy) is 2. The number of esters is 1.